The average molecular weight is 909 g/mol. The molecule has 67 heavy (non-hydrogen) atoms. The van der Waals surface area contributed by atoms with Crippen LogP contribution in [0.5, 0.6) is 5.75 Å². The number of para-hydroxylation sites is 2. The van der Waals surface area contributed by atoms with Crippen molar-refractivity contribution < 1.29 is 36.6 Å². The second-order valence-electron chi connectivity index (χ2n) is 20.5. The van der Waals surface area contributed by atoms with E-state index in [1.165, 1.54) is 10.8 Å². The Kier molecular flexibility index (Phi) is 6.60. The number of fused-ring (bicyclic) bond motifs is 1. The first-order valence-corrected chi connectivity index (χ1v) is 22.1. The average Bonchev–Trinajstić information content (AvgIpc) is 0.813. The molecule has 1 N–H and O–H groups in total. The lowest BCUT2D eigenvalue weighted by Crippen LogP contribution is -2.18. The van der Waals surface area contributed by atoms with E-state index in [1.807, 2.05) is 77.9 Å². The summed E-state index contributed by atoms with van der Waals surface area (Å²) in [5.41, 5.74) is -9.40. The molecule has 2 heterocycles. The van der Waals surface area contributed by atoms with E-state index in [1.54, 1.807) is 78.9 Å². The topological polar surface area (TPSA) is 50.9 Å². The van der Waals surface area contributed by atoms with Crippen LogP contribution in [-0.2, 0) is 27.1 Å². The fourth-order valence-electron chi connectivity index (χ4n) is 8.48. The van der Waals surface area contributed by atoms with Crippen molar-refractivity contribution in [2.45, 2.75) is 137 Å². The third-order valence-corrected chi connectivity index (χ3v) is 12.2. The van der Waals surface area contributed by atoms with Gasteiger partial charge in [-0.15, -0.1) is 0 Å². The van der Waals surface area contributed by atoms with E-state index in [2.05, 4.69) is 20.8 Å². The van der Waals surface area contributed by atoms with E-state index in [-0.39, 0.29) is 27.7 Å². The minimum Gasteiger partial charge on any atom is -0.507 e. The summed E-state index contributed by atoms with van der Waals surface area (Å²) in [7, 11) is 0. The number of aromatic nitrogens is 3. The number of phenols is 1. The summed E-state index contributed by atoms with van der Waals surface area (Å²) < 4.78 is 207. The van der Waals surface area contributed by atoms with Crippen molar-refractivity contribution in [1.29, 1.82) is 0 Å². The van der Waals surface area contributed by atoms with Gasteiger partial charge < -0.3 is 5.11 Å². The smallest absolute Gasteiger partial charge is 0.149 e. The number of benzene rings is 6. The van der Waals surface area contributed by atoms with Gasteiger partial charge in [0, 0.05) is 57.2 Å². The zero-order chi connectivity index (χ0) is 67.8. The summed E-state index contributed by atoms with van der Waals surface area (Å²) >= 11 is 0. The monoisotopic (exact) mass is 909 g/mol. The van der Waals surface area contributed by atoms with Crippen LogP contribution in [0.3, 0.4) is 0 Å². The van der Waals surface area contributed by atoms with Crippen LogP contribution in [0.1, 0.15) is 168 Å². The summed E-state index contributed by atoms with van der Waals surface area (Å²) in [6.45, 7) is -11.0. The predicted molar refractivity (Wildman–Crippen MR) is 286 cm³/mol. The number of imidazole rings is 1. The molecule has 0 unspecified atom stereocenters. The molecule has 0 atom stereocenters. The van der Waals surface area contributed by atoms with Crippen LogP contribution in [0.4, 0.5) is 0 Å². The maximum Gasteiger partial charge on any atom is 0.149 e. The number of aryl methyl sites for hydroxylation is 1. The molecular formula is C63H71N3O. The van der Waals surface area contributed by atoms with Crippen molar-refractivity contribution in [3.63, 3.8) is 0 Å². The van der Waals surface area contributed by atoms with Crippen molar-refractivity contribution in [1.82, 2.24) is 14.5 Å². The first-order chi connectivity index (χ1) is 40.8. The molecule has 6 aromatic carbocycles. The van der Waals surface area contributed by atoms with Gasteiger partial charge in [0.2, 0.25) is 0 Å². The normalized spacial score (nSPS) is 19.2. The molecule has 344 valence electrons. The summed E-state index contributed by atoms with van der Waals surface area (Å²) in [5, 5.41) is 13.3. The molecule has 0 aliphatic carbocycles. The van der Waals surface area contributed by atoms with Crippen LogP contribution in [-0.4, -0.2) is 19.6 Å². The van der Waals surface area contributed by atoms with E-state index >= 15 is 0 Å². The first-order valence-electron chi connectivity index (χ1n) is 33.6. The number of hydrogen-bond acceptors (Lipinski definition) is 3. The van der Waals surface area contributed by atoms with Crippen LogP contribution < -0.4 is 0 Å². The second-order valence-corrected chi connectivity index (χ2v) is 20.5. The molecule has 0 saturated heterocycles. The minimum atomic E-state index is -4.47. The molecule has 4 heteroatoms. The highest BCUT2D eigenvalue weighted by Crippen LogP contribution is 2.47. The molecule has 0 saturated carbocycles. The molecule has 8 aromatic rings. The van der Waals surface area contributed by atoms with Crippen molar-refractivity contribution in [3.05, 3.63) is 167 Å². The predicted octanol–water partition coefficient (Wildman–Crippen LogP) is 17.3. The zero-order valence-corrected chi connectivity index (χ0v) is 39.3. The van der Waals surface area contributed by atoms with E-state index in [0.717, 1.165) is 11.1 Å². The van der Waals surface area contributed by atoms with E-state index in [9.17, 15) is 7.85 Å². The molecule has 8 rings (SSSR count). The Bertz CT molecular complexity index is 3900. The van der Waals surface area contributed by atoms with Gasteiger partial charge >= 0.3 is 0 Å². The Morgan fingerprint density at radius 2 is 1.15 bits per heavy atom. The summed E-state index contributed by atoms with van der Waals surface area (Å²) in [4.78, 5) is 9.92. The largest absolute Gasteiger partial charge is 0.507 e. The third-order valence-electron chi connectivity index (χ3n) is 12.2. The van der Waals surface area contributed by atoms with Crippen molar-refractivity contribution in [3.8, 4) is 67.5 Å². The fourth-order valence-corrected chi connectivity index (χ4v) is 8.48. The molecule has 0 spiro atoms. The van der Waals surface area contributed by atoms with Crippen LogP contribution in [0.25, 0.3) is 72.7 Å². The lowest BCUT2D eigenvalue weighted by molar-refractivity contribution is 0.446. The highest BCUT2D eigenvalue weighted by atomic mass is 16.3. The number of nitrogens with zero attached hydrogens (tertiary/aromatic N) is 3. The highest BCUT2D eigenvalue weighted by Gasteiger charge is 2.32. The first kappa shape index (κ1) is 26.3. The fraction of sp³-hybridized carbons (Fsp3) is 0.333. The maximum atomic E-state index is 13.3. The Morgan fingerprint density at radius 3 is 1.79 bits per heavy atom. The van der Waals surface area contributed by atoms with Crippen LogP contribution >= 0.6 is 0 Å². The molecule has 2 aromatic heterocycles. The van der Waals surface area contributed by atoms with Gasteiger partial charge in [0.15, 0.2) is 0 Å². The molecule has 0 amide bonds. The SMILES string of the molecule is [2H]c1c(-c2nc3c(-c4cc(-c5cc(-c6ccc(C(C)(C)C)cc6)c(C([2H])([2H])[2H])cn5)cc(C(C)(C)C)c4)cccc3n2-c2c(-c3ccccc3)cccc2C(C)(C)C)c(O)c(C(C([2H])([2H])[2H])(C([2H])([2H])[2H])C([2H])([2H])[2H])c([2H])c1C(C([2H])([2H])[2H])(C([2H])([2H])[2H])C([2H])([2H])[2H]. The Morgan fingerprint density at radius 1 is 0.507 bits per heavy atom. The molecule has 0 aliphatic rings. The molecule has 0 fully saturated rings. The van der Waals surface area contributed by atoms with Gasteiger partial charge in [-0.3, -0.25) is 9.55 Å². The van der Waals surface area contributed by atoms with Crippen LogP contribution in [0, 0.1) is 6.85 Å². The molecule has 0 bridgehead atoms. The standard InChI is InChI=1S/C63H71N3O/c1-39-38-64-53(37-49(39)41-28-30-44(31-29-41)59(2,3)4)43-32-42(33-45(34-43)60(5,6)7)47-24-21-27-54-55(47)65-58(50-35-46(61(8,9)10)36-52(57(50)67)63(14,15)16)66(54)56-48(40-22-18-17-19-23-40)25-20-26-51(56)62(11,12)13/h17-38,67H,1-16H3/i1D3,8D3,9D3,10D3,14D3,15D3,16D3,35D,36D. The van der Waals surface area contributed by atoms with E-state index in [4.69, 9.17) is 38.8 Å². The lowest BCUT2D eigenvalue weighted by atomic mass is 9.78. The van der Waals surface area contributed by atoms with Crippen LogP contribution in [0.15, 0.2) is 134 Å². The highest BCUT2D eigenvalue weighted by molar-refractivity contribution is 5.98. The zero-order valence-electron chi connectivity index (χ0n) is 62.3. The number of hydrogen-bond donors (Lipinski definition) is 1. The van der Waals surface area contributed by atoms with Crippen molar-refractivity contribution in [2.75, 3.05) is 0 Å². The molecular weight excluding hydrogens is 815 g/mol. The van der Waals surface area contributed by atoms with Gasteiger partial charge in [0.05, 0.1) is 30.7 Å². The lowest BCUT2D eigenvalue weighted by Gasteiger charge is -2.29. The van der Waals surface area contributed by atoms with Crippen molar-refractivity contribution >= 4 is 11.0 Å². The molecule has 4 nitrogen and oxygen atoms in total. The summed E-state index contributed by atoms with van der Waals surface area (Å²) in [6.07, 6.45) is 1.32. The Labute approximate surface area is 433 Å². The number of aromatic hydroxyl groups is 1. The van der Waals surface area contributed by atoms with E-state index < -0.39 is 110 Å². The summed E-state index contributed by atoms with van der Waals surface area (Å²) in [6, 6.07) is 30.3. The van der Waals surface area contributed by atoms with Crippen LogP contribution in [0.2, 0.25) is 0 Å². The van der Waals surface area contributed by atoms with Crippen molar-refractivity contribution in [2.24, 2.45) is 0 Å². The van der Waals surface area contributed by atoms with Gasteiger partial charge in [-0.2, -0.15) is 0 Å². The van der Waals surface area contributed by atoms with Gasteiger partial charge in [-0.25, -0.2) is 4.98 Å². The molecule has 0 aliphatic heterocycles. The number of pyridine rings is 1. The third kappa shape index (κ3) is 9.25. The number of phenolic OH excluding ortho intramolecular Hbond substituents is 1. The van der Waals surface area contributed by atoms with E-state index in [0.29, 0.717) is 50.2 Å². The van der Waals surface area contributed by atoms with Gasteiger partial charge in [0.1, 0.15) is 11.6 Å². The second kappa shape index (κ2) is 16.8. The van der Waals surface area contributed by atoms with Gasteiger partial charge in [-0.1, -0.05) is 200 Å². The maximum absolute atomic E-state index is 13.3. The molecule has 0 radical (unpaired) electrons. The Hall–Kier alpha value is -6.26. The van der Waals surface area contributed by atoms with Gasteiger partial charge in [0.25, 0.3) is 0 Å². The Balaban J connectivity index is 1.67. The van der Waals surface area contributed by atoms with Gasteiger partial charge in [-0.05, 0) is 114 Å². The summed E-state index contributed by atoms with van der Waals surface area (Å²) in [5.74, 6) is -2.42. The number of rotatable bonds is 6. The quantitative estimate of drug-likeness (QED) is 0.181. The minimum absolute atomic E-state index is 0.000306.